The van der Waals surface area contributed by atoms with E-state index in [9.17, 15) is 5.11 Å². The third-order valence-electron chi connectivity index (χ3n) is 8.81. The summed E-state index contributed by atoms with van der Waals surface area (Å²) in [6, 6.07) is 54.2. The van der Waals surface area contributed by atoms with Crippen LogP contribution < -0.4 is 4.74 Å². The van der Waals surface area contributed by atoms with E-state index in [0.29, 0.717) is 0 Å². The molecule has 45 heavy (non-hydrogen) atoms. The van der Waals surface area contributed by atoms with Crippen LogP contribution in [0.1, 0.15) is 6.92 Å². The minimum atomic E-state index is -0.571. The Labute approximate surface area is 262 Å². The van der Waals surface area contributed by atoms with Gasteiger partial charge in [-0.1, -0.05) is 133 Å². The minimum Gasteiger partial charge on any atom is -0.490 e. The monoisotopic (exact) mass is 580 g/mol. The fourth-order valence-electron chi connectivity index (χ4n) is 6.71. The summed E-state index contributed by atoms with van der Waals surface area (Å²) in [4.78, 5) is 0. The molecule has 8 rings (SSSR count). The molecule has 0 spiro atoms. The zero-order valence-electron chi connectivity index (χ0n) is 25.1. The Morgan fingerprint density at radius 2 is 0.956 bits per heavy atom. The van der Waals surface area contributed by atoms with E-state index < -0.39 is 6.10 Å². The first-order chi connectivity index (χ1) is 22.1. The number of rotatable bonds is 6. The number of aliphatic hydroxyl groups is 1. The van der Waals surface area contributed by atoms with Gasteiger partial charge in [-0.15, -0.1) is 0 Å². The summed E-state index contributed by atoms with van der Waals surface area (Å²) >= 11 is 0. The molecule has 0 bridgehead atoms. The molecule has 0 aliphatic carbocycles. The molecule has 216 valence electrons. The zero-order chi connectivity index (χ0) is 30.3. The second-order valence-corrected chi connectivity index (χ2v) is 11.8. The van der Waals surface area contributed by atoms with Crippen LogP contribution in [-0.2, 0) is 0 Å². The van der Waals surface area contributed by atoms with Crippen molar-refractivity contribution in [2.45, 2.75) is 13.0 Å². The van der Waals surface area contributed by atoms with Crippen molar-refractivity contribution in [1.82, 2.24) is 0 Å². The van der Waals surface area contributed by atoms with E-state index in [1.165, 1.54) is 49.2 Å². The highest BCUT2D eigenvalue weighted by atomic mass is 16.5. The third-order valence-corrected chi connectivity index (χ3v) is 8.81. The first-order valence-corrected chi connectivity index (χ1v) is 15.5. The van der Waals surface area contributed by atoms with Crippen molar-refractivity contribution in [2.75, 3.05) is 6.61 Å². The number of fused-ring (bicyclic) bond motifs is 4. The molecule has 0 radical (unpaired) electrons. The van der Waals surface area contributed by atoms with Crippen molar-refractivity contribution >= 4 is 43.1 Å². The first kappa shape index (κ1) is 27.1. The molecule has 8 aromatic rings. The second kappa shape index (κ2) is 11.2. The van der Waals surface area contributed by atoms with Crippen LogP contribution in [0.25, 0.3) is 76.5 Å². The molecule has 0 aromatic heterocycles. The number of hydrogen-bond acceptors (Lipinski definition) is 2. The Kier molecular flexibility index (Phi) is 6.78. The van der Waals surface area contributed by atoms with Crippen LogP contribution in [0.15, 0.2) is 152 Å². The normalized spacial score (nSPS) is 12.2. The lowest BCUT2D eigenvalue weighted by Gasteiger charge is -2.18. The van der Waals surface area contributed by atoms with Crippen molar-refractivity contribution < 1.29 is 9.84 Å². The molecule has 0 aliphatic heterocycles. The van der Waals surface area contributed by atoms with Crippen molar-refractivity contribution in [3.63, 3.8) is 0 Å². The molecule has 0 saturated heterocycles. The summed E-state index contributed by atoms with van der Waals surface area (Å²) in [5.74, 6) is 0.770. The van der Waals surface area contributed by atoms with Crippen LogP contribution in [-0.4, -0.2) is 17.8 Å². The van der Waals surface area contributed by atoms with E-state index in [1.807, 2.05) is 0 Å². The largest absolute Gasteiger partial charge is 0.490 e. The van der Waals surface area contributed by atoms with Gasteiger partial charge >= 0.3 is 0 Å². The highest BCUT2D eigenvalue weighted by Crippen LogP contribution is 2.43. The van der Waals surface area contributed by atoms with E-state index in [0.717, 1.165) is 33.0 Å². The summed E-state index contributed by atoms with van der Waals surface area (Å²) in [6.07, 6.45) is -0.571. The van der Waals surface area contributed by atoms with Crippen LogP contribution in [0, 0.1) is 0 Å². The van der Waals surface area contributed by atoms with Gasteiger partial charge in [0.25, 0.3) is 0 Å². The quantitative estimate of drug-likeness (QED) is 0.212. The molecule has 0 heterocycles. The van der Waals surface area contributed by atoms with Gasteiger partial charge in [0.2, 0.25) is 0 Å². The Bertz CT molecular complexity index is 2360. The van der Waals surface area contributed by atoms with E-state index in [1.54, 1.807) is 6.92 Å². The maximum absolute atomic E-state index is 10.1. The topological polar surface area (TPSA) is 29.5 Å². The van der Waals surface area contributed by atoms with Crippen LogP contribution >= 0.6 is 0 Å². The predicted molar refractivity (Wildman–Crippen MR) is 190 cm³/mol. The van der Waals surface area contributed by atoms with Gasteiger partial charge in [0, 0.05) is 5.56 Å². The predicted octanol–water partition coefficient (Wildman–Crippen LogP) is 11.1. The molecule has 0 amide bonds. The number of benzene rings is 8. The average Bonchev–Trinajstić information content (AvgIpc) is 3.09. The standard InChI is InChI=1S/C43H32O2/c1-28(44)27-45-42-24-21-34-26-33(38-17-7-12-30-10-3-5-15-36(30)38)20-23-40(34)43(42)41-18-8-13-31-25-32(19-22-39(31)41)37-16-6-11-29-9-2-4-14-35(29)37/h2-26,28,44H,27H2,1H3. The molecular formula is C43H32O2. The summed E-state index contributed by atoms with van der Waals surface area (Å²) in [6.45, 7) is 1.98. The summed E-state index contributed by atoms with van der Waals surface area (Å²) < 4.78 is 6.27. The Morgan fingerprint density at radius 3 is 1.58 bits per heavy atom. The van der Waals surface area contributed by atoms with Crippen molar-refractivity contribution in [1.29, 1.82) is 0 Å². The van der Waals surface area contributed by atoms with Gasteiger partial charge in [-0.25, -0.2) is 0 Å². The van der Waals surface area contributed by atoms with Gasteiger partial charge in [-0.3, -0.25) is 0 Å². The molecule has 8 aromatic carbocycles. The number of hydrogen-bond donors (Lipinski definition) is 1. The average molecular weight is 581 g/mol. The Hall–Kier alpha value is -5.44. The van der Waals surface area contributed by atoms with Gasteiger partial charge in [0.15, 0.2) is 0 Å². The van der Waals surface area contributed by atoms with Crippen molar-refractivity contribution in [3.05, 3.63) is 152 Å². The van der Waals surface area contributed by atoms with E-state index in [4.69, 9.17) is 4.74 Å². The van der Waals surface area contributed by atoms with Crippen LogP contribution in [0.3, 0.4) is 0 Å². The maximum Gasteiger partial charge on any atom is 0.127 e. The van der Waals surface area contributed by atoms with Crippen LogP contribution in [0.4, 0.5) is 0 Å². The van der Waals surface area contributed by atoms with Gasteiger partial charge < -0.3 is 9.84 Å². The van der Waals surface area contributed by atoms with Gasteiger partial charge in [0.1, 0.15) is 12.4 Å². The smallest absolute Gasteiger partial charge is 0.127 e. The molecule has 2 heteroatoms. The van der Waals surface area contributed by atoms with E-state index in [-0.39, 0.29) is 6.61 Å². The maximum atomic E-state index is 10.1. The van der Waals surface area contributed by atoms with Crippen LogP contribution in [0.5, 0.6) is 5.75 Å². The Balaban J connectivity index is 1.31. The summed E-state index contributed by atoms with van der Waals surface area (Å²) in [5.41, 5.74) is 6.98. The minimum absolute atomic E-state index is 0.225. The molecule has 1 N–H and O–H groups in total. The third kappa shape index (κ3) is 4.90. The summed E-state index contributed by atoms with van der Waals surface area (Å²) in [5, 5.41) is 19.7. The molecular weight excluding hydrogens is 548 g/mol. The fraction of sp³-hybridized carbons (Fsp3) is 0.0698. The van der Waals surface area contributed by atoms with E-state index >= 15 is 0 Å². The Morgan fingerprint density at radius 1 is 0.467 bits per heavy atom. The molecule has 0 fully saturated rings. The first-order valence-electron chi connectivity index (χ1n) is 15.5. The molecule has 1 unspecified atom stereocenters. The van der Waals surface area contributed by atoms with Gasteiger partial charge in [0.05, 0.1) is 6.10 Å². The molecule has 2 nitrogen and oxygen atoms in total. The fourth-order valence-corrected chi connectivity index (χ4v) is 6.71. The second-order valence-electron chi connectivity index (χ2n) is 11.8. The lowest BCUT2D eigenvalue weighted by molar-refractivity contribution is 0.123. The molecule has 0 saturated carbocycles. The molecule has 1 atom stereocenters. The lowest BCUT2D eigenvalue weighted by Crippen LogP contribution is -2.13. The van der Waals surface area contributed by atoms with E-state index in [2.05, 4.69) is 152 Å². The van der Waals surface area contributed by atoms with Gasteiger partial charge in [-0.2, -0.15) is 0 Å². The SMILES string of the molecule is CC(O)COc1ccc2cc(-c3cccc4ccccc34)ccc2c1-c1cccc2cc(-c3cccc4ccccc34)ccc12. The highest BCUT2D eigenvalue weighted by molar-refractivity contribution is 6.10. The number of ether oxygens (including phenoxy) is 1. The summed E-state index contributed by atoms with van der Waals surface area (Å²) in [7, 11) is 0. The van der Waals surface area contributed by atoms with Gasteiger partial charge in [-0.05, 0) is 96.0 Å². The zero-order valence-corrected chi connectivity index (χ0v) is 25.1. The van der Waals surface area contributed by atoms with Crippen LogP contribution in [0.2, 0.25) is 0 Å². The molecule has 0 aliphatic rings. The highest BCUT2D eigenvalue weighted by Gasteiger charge is 2.17. The number of aliphatic hydroxyl groups excluding tert-OH is 1. The van der Waals surface area contributed by atoms with Crippen molar-refractivity contribution in [3.8, 4) is 39.1 Å². The van der Waals surface area contributed by atoms with Crippen molar-refractivity contribution in [2.24, 2.45) is 0 Å². The lowest BCUT2D eigenvalue weighted by atomic mass is 9.89.